The number of amides is 1. The Morgan fingerprint density at radius 3 is 2.12 bits per heavy atom. The van der Waals surface area contributed by atoms with Crippen molar-refractivity contribution in [2.75, 3.05) is 31.0 Å². The molecule has 0 spiro atoms. The van der Waals surface area contributed by atoms with Gasteiger partial charge in [0.15, 0.2) is 0 Å². The largest absolute Gasteiger partial charge is 0.478 e. The van der Waals surface area contributed by atoms with Crippen LogP contribution in [0.3, 0.4) is 0 Å². The SMILES string of the molecule is COC(=O)C1=C(C(=O)OC)N(c2ccc(C(=O)O)cc2NC(=O)OCC2c3ccccc3-c3ccccc32)C=CC=C1. The number of carbonyl (C=O) groups excluding carboxylic acids is 3. The number of allylic oxidation sites excluding steroid dienone is 2. The fourth-order valence-corrected chi connectivity index (χ4v) is 5.07. The number of carbonyl (C=O) groups is 4. The van der Waals surface area contributed by atoms with Gasteiger partial charge in [0.25, 0.3) is 0 Å². The molecule has 5 rings (SSSR count). The van der Waals surface area contributed by atoms with Crippen LogP contribution in [0.15, 0.2) is 102 Å². The fraction of sp³-hybridized carbons (Fsp3) is 0.125. The van der Waals surface area contributed by atoms with Gasteiger partial charge in [0, 0.05) is 12.1 Å². The van der Waals surface area contributed by atoms with Crippen LogP contribution in [0.5, 0.6) is 0 Å². The van der Waals surface area contributed by atoms with E-state index in [2.05, 4.69) is 5.32 Å². The molecule has 1 heterocycles. The van der Waals surface area contributed by atoms with E-state index in [0.29, 0.717) is 0 Å². The number of anilines is 2. The summed E-state index contributed by atoms with van der Waals surface area (Å²) in [6, 6.07) is 19.8. The van der Waals surface area contributed by atoms with Crippen LogP contribution < -0.4 is 10.2 Å². The monoisotopic (exact) mass is 566 g/mol. The van der Waals surface area contributed by atoms with E-state index in [-0.39, 0.29) is 40.7 Å². The van der Waals surface area contributed by atoms with Crippen LogP contribution in [0.2, 0.25) is 0 Å². The lowest BCUT2D eigenvalue weighted by Crippen LogP contribution is -2.28. The highest BCUT2D eigenvalue weighted by Gasteiger charge is 2.31. The molecule has 0 unspecified atom stereocenters. The van der Waals surface area contributed by atoms with E-state index in [1.54, 1.807) is 6.08 Å². The molecule has 10 heteroatoms. The van der Waals surface area contributed by atoms with Crippen molar-refractivity contribution in [1.82, 2.24) is 0 Å². The number of esters is 2. The maximum atomic E-state index is 13.2. The lowest BCUT2D eigenvalue weighted by Gasteiger charge is -2.25. The molecule has 2 N–H and O–H groups in total. The van der Waals surface area contributed by atoms with Crippen molar-refractivity contribution in [3.8, 4) is 11.1 Å². The minimum Gasteiger partial charge on any atom is -0.478 e. The van der Waals surface area contributed by atoms with E-state index in [1.807, 2.05) is 48.5 Å². The Kier molecular flexibility index (Phi) is 7.87. The van der Waals surface area contributed by atoms with Crippen LogP contribution in [0.4, 0.5) is 16.2 Å². The molecule has 3 aromatic rings. The lowest BCUT2D eigenvalue weighted by molar-refractivity contribution is -0.139. The third-order valence-corrected chi connectivity index (χ3v) is 6.97. The van der Waals surface area contributed by atoms with Gasteiger partial charge in [0.2, 0.25) is 0 Å². The number of rotatable bonds is 7. The summed E-state index contributed by atoms with van der Waals surface area (Å²) in [6.07, 6.45) is 5.10. The summed E-state index contributed by atoms with van der Waals surface area (Å²) in [6.45, 7) is 0.0289. The van der Waals surface area contributed by atoms with Gasteiger partial charge < -0.3 is 24.2 Å². The fourth-order valence-electron chi connectivity index (χ4n) is 5.07. The Bertz CT molecular complexity index is 1640. The Hall–Kier alpha value is -5.64. The van der Waals surface area contributed by atoms with Gasteiger partial charge in [0.05, 0.1) is 36.7 Å². The minimum absolute atomic E-state index is 0.0179. The highest BCUT2D eigenvalue weighted by molar-refractivity contribution is 6.07. The first kappa shape index (κ1) is 27.9. The van der Waals surface area contributed by atoms with Crippen molar-refractivity contribution in [2.45, 2.75) is 5.92 Å². The Labute approximate surface area is 241 Å². The number of hydrogen-bond donors (Lipinski definition) is 2. The van der Waals surface area contributed by atoms with Crippen molar-refractivity contribution in [1.29, 1.82) is 0 Å². The van der Waals surface area contributed by atoms with Crippen molar-refractivity contribution in [2.24, 2.45) is 0 Å². The first-order valence-corrected chi connectivity index (χ1v) is 12.9. The quantitative estimate of drug-likeness (QED) is 0.291. The zero-order valence-corrected chi connectivity index (χ0v) is 22.7. The predicted octanol–water partition coefficient (Wildman–Crippen LogP) is 5.24. The Balaban J connectivity index is 1.47. The van der Waals surface area contributed by atoms with Crippen LogP contribution in [0, 0.1) is 0 Å². The second-order valence-corrected chi connectivity index (χ2v) is 9.30. The topological polar surface area (TPSA) is 131 Å². The van der Waals surface area contributed by atoms with Crippen LogP contribution in [-0.4, -0.2) is 49.9 Å². The molecular formula is C32H26N2O8. The maximum Gasteiger partial charge on any atom is 0.411 e. The van der Waals surface area contributed by atoms with Crippen LogP contribution in [0.25, 0.3) is 11.1 Å². The molecule has 0 bridgehead atoms. The smallest absolute Gasteiger partial charge is 0.411 e. The van der Waals surface area contributed by atoms with Gasteiger partial charge in [-0.15, -0.1) is 0 Å². The van der Waals surface area contributed by atoms with E-state index in [9.17, 15) is 24.3 Å². The van der Waals surface area contributed by atoms with Crippen LogP contribution in [0.1, 0.15) is 27.4 Å². The number of hydrogen-bond acceptors (Lipinski definition) is 8. The molecule has 1 aliphatic heterocycles. The molecule has 0 aromatic heterocycles. The van der Waals surface area contributed by atoms with Crippen molar-refractivity contribution in [3.05, 3.63) is 119 Å². The van der Waals surface area contributed by atoms with Gasteiger partial charge in [0.1, 0.15) is 12.3 Å². The number of aromatic carboxylic acids is 1. The number of benzene rings is 3. The molecule has 2 aliphatic rings. The summed E-state index contributed by atoms with van der Waals surface area (Å²) in [5.41, 5.74) is 3.97. The third kappa shape index (κ3) is 5.25. The zero-order valence-electron chi connectivity index (χ0n) is 22.7. The van der Waals surface area contributed by atoms with Gasteiger partial charge in [-0.3, -0.25) is 5.32 Å². The molecule has 0 saturated carbocycles. The average molecular weight is 567 g/mol. The van der Waals surface area contributed by atoms with Crippen LogP contribution >= 0.6 is 0 Å². The van der Waals surface area contributed by atoms with Crippen molar-refractivity contribution >= 4 is 35.4 Å². The number of carboxylic acids is 1. The summed E-state index contributed by atoms with van der Waals surface area (Å²) >= 11 is 0. The molecular weight excluding hydrogens is 540 g/mol. The second kappa shape index (κ2) is 11.8. The lowest BCUT2D eigenvalue weighted by atomic mass is 9.98. The van der Waals surface area contributed by atoms with E-state index in [4.69, 9.17) is 14.2 Å². The van der Waals surface area contributed by atoms with Gasteiger partial charge >= 0.3 is 24.0 Å². The third-order valence-electron chi connectivity index (χ3n) is 6.97. The first-order chi connectivity index (χ1) is 20.3. The van der Waals surface area contributed by atoms with Gasteiger partial charge in [-0.25, -0.2) is 19.2 Å². The molecule has 0 atom stereocenters. The molecule has 0 saturated heterocycles. The number of methoxy groups -OCH3 is 2. The number of nitrogens with zero attached hydrogens (tertiary/aromatic N) is 1. The van der Waals surface area contributed by atoms with E-state index >= 15 is 0 Å². The van der Waals surface area contributed by atoms with E-state index < -0.39 is 24.0 Å². The number of fused-ring (bicyclic) bond motifs is 3. The summed E-state index contributed by atoms with van der Waals surface area (Å²) < 4.78 is 15.4. The molecule has 1 aliphatic carbocycles. The van der Waals surface area contributed by atoms with E-state index in [0.717, 1.165) is 29.4 Å². The molecule has 42 heavy (non-hydrogen) atoms. The van der Waals surface area contributed by atoms with Crippen LogP contribution in [-0.2, 0) is 23.8 Å². The highest BCUT2D eigenvalue weighted by atomic mass is 16.5. The summed E-state index contributed by atoms with van der Waals surface area (Å²) in [7, 11) is 2.33. The Morgan fingerprint density at radius 2 is 1.50 bits per heavy atom. The highest BCUT2D eigenvalue weighted by Crippen LogP contribution is 2.44. The number of ether oxygens (including phenoxy) is 3. The van der Waals surface area contributed by atoms with Gasteiger partial charge in [-0.1, -0.05) is 54.6 Å². The van der Waals surface area contributed by atoms with Crippen molar-refractivity contribution in [3.63, 3.8) is 0 Å². The standard InChI is InChI=1S/C32H26N2O8/c1-40-30(37)24-13-7-8-16-34(28(24)31(38)41-2)27-15-14-19(29(35)36)17-26(27)33-32(39)42-18-25-22-11-5-3-9-20(22)21-10-4-6-12-23(21)25/h3-17,25H,18H2,1-2H3,(H,33,39)(H,35,36). The summed E-state index contributed by atoms with van der Waals surface area (Å²) in [4.78, 5) is 51.7. The molecule has 0 radical (unpaired) electrons. The number of nitrogens with one attached hydrogen (secondary N) is 1. The molecule has 10 nitrogen and oxygen atoms in total. The number of carboxylic acid groups (broad SMARTS) is 1. The zero-order chi connectivity index (χ0) is 29.8. The van der Waals surface area contributed by atoms with Crippen molar-refractivity contribution < 1.29 is 38.5 Å². The molecule has 1 amide bonds. The van der Waals surface area contributed by atoms with Gasteiger partial charge in [-0.05, 0) is 52.6 Å². The molecule has 212 valence electrons. The predicted molar refractivity (Wildman–Crippen MR) is 154 cm³/mol. The summed E-state index contributed by atoms with van der Waals surface area (Å²) in [5.74, 6) is -3.08. The minimum atomic E-state index is -1.23. The Morgan fingerprint density at radius 1 is 0.857 bits per heavy atom. The van der Waals surface area contributed by atoms with Gasteiger partial charge in [-0.2, -0.15) is 0 Å². The average Bonchev–Trinajstić information content (AvgIpc) is 3.15. The normalized spacial score (nSPS) is 13.6. The van der Waals surface area contributed by atoms with E-state index in [1.165, 1.54) is 48.6 Å². The molecule has 0 fully saturated rings. The maximum absolute atomic E-state index is 13.2. The summed E-state index contributed by atoms with van der Waals surface area (Å²) in [5, 5.41) is 12.2. The second-order valence-electron chi connectivity index (χ2n) is 9.30. The first-order valence-electron chi connectivity index (χ1n) is 12.9. The molecule has 3 aromatic carbocycles.